The summed E-state index contributed by atoms with van der Waals surface area (Å²) in [6, 6.07) is 11.3. The normalized spacial score (nSPS) is 11.2. The molecule has 2 aromatic carbocycles. The number of fused-ring (bicyclic) bond motifs is 1. The molecular weight excluding hydrogens is 305 g/mol. The molecule has 0 unspecified atom stereocenters. The number of hydrogen-bond donors (Lipinski definition) is 1. The van der Waals surface area contributed by atoms with E-state index in [1.807, 2.05) is 30.3 Å². The van der Waals surface area contributed by atoms with Crippen molar-refractivity contribution < 1.29 is 0 Å². The summed E-state index contributed by atoms with van der Waals surface area (Å²) in [4.78, 5) is 4.69. The number of nitrogens with zero attached hydrogens (tertiary/aromatic N) is 2. The van der Waals surface area contributed by atoms with Gasteiger partial charge in [-0.3, -0.25) is 4.57 Å². The molecule has 0 radical (unpaired) electrons. The number of benzene rings is 2. The standard InChI is InChI=1S/C16H15Cl2N3/c1-2-4-15-20-12-9-10(19)7-8-13(12)21(15)14-6-3-5-11(17)16(14)18/h3,5-9H,2,4,19H2,1H3. The molecule has 0 saturated carbocycles. The SMILES string of the molecule is CCCc1nc2cc(N)ccc2n1-c1cccc(Cl)c1Cl. The summed E-state index contributed by atoms with van der Waals surface area (Å²) in [5.41, 5.74) is 9.25. The van der Waals surface area contributed by atoms with Crippen molar-refractivity contribution in [2.24, 2.45) is 0 Å². The van der Waals surface area contributed by atoms with Gasteiger partial charge in [0.2, 0.25) is 0 Å². The number of nitrogens with two attached hydrogens (primary N) is 1. The van der Waals surface area contributed by atoms with Crippen LogP contribution in [0.2, 0.25) is 10.0 Å². The van der Waals surface area contributed by atoms with Crippen molar-refractivity contribution in [1.82, 2.24) is 9.55 Å². The Hall–Kier alpha value is -1.71. The molecule has 0 amide bonds. The zero-order valence-electron chi connectivity index (χ0n) is 11.6. The second kappa shape index (κ2) is 5.58. The van der Waals surface area contributed by atoms with Crippen LogP contribution in [0.15, 0.2) is 36.4 Å². The summed E-state index contributed by atoms with van der Waals surface area (Å²) in [5, 5.41) is 1.07. The monoisotopic (exact) mass is 319 g/mol. The van der Waals surface area contributed by atoms with E-state index in [1.54, 1.807) is 6.07 Å². The van der Waals surface area contributed by atoms with Crippen LogP contribution in [0, 0.1) is 0 Å². The zero-order chi connectivity index (χ0) is 15.0. The van der Waals surface area contributed by atoms with Crippen LogP contribution >= 0.6 is 23.2 Å². The lowest BCUT2D eigenvalue weighted by Crippen LogP contribution is -2.02. The molecule has 0 aliphatic carbocycles. The largest absolute Gasteiger partial charge is 0.399 e. The quantitative estimate of drug-likeness (QED) is 0.700. The minimum absolute atomic E-state index is 0.535. The molecule has 21 heavy (non-hydrogen) atoms. The van der Waals surface area contributed by atoms with Gasteiger partial charge in [-0.05, 0) is 36.8 Å². The maximum atomic E-state index is 6.38. The first kappa shape index (κ1) is 14.2. The predicted molar refractivity (Wildman–Crippen MR) is 89.5 cm³/mol. The van der Waals surface area contributed by atoms with Crippen LogP contribution in [0.3, 0.4) is 0 Å². The lowest BCUT2D eigenvalue weighted by atomic mass is 10.2. The first-order valence-electron chi connectivity index (χ1n) is 6.83. The summed E-state index contributed by atoms with van der Waals surface area (Å²) in [7, 11) is 0. The summed E-state index contributed by atoms with van der Waals surface area (Å²) in [5.74, 6) is 0.960. The molecule has 1 aromatic heterocycles. The molecule has 0 aliphatic rings. The van der Waals surface area contributed by atoms with E-state index in [0.717, 1.165) is 35.4 Å². The molecule has 0 atom stereocenters. The van der Waals surface area contributed by atoms with E-state index in [-0.39, 0.29) is 0 Å². The highest BCUT2D eigenvalue weighted by molar-refractivity contribution is 6.43. The Morgan fingerprint density at radius 2 is 2.00 bits per heavy atom. The highest BCUT2D eigenvalue weighted by Gasteiger charge is 2.15. The van der Waals surface area contributed by atoms with E-state index in [2.05, 4.69) is 11.5 Å². The third-order valence-corrected chi connectivity index (χ3v) is 4.20. The summed E-state index contributed by atoms with van der Waals surface area (Å²) in [6.45, 7) is 2.12. The van der Waals surface area contributed by atoms with Crippen molar-refractivity contribution in [3.8, 4) is 5.69 Å². The number of aryl methyl sites for hydroxylation is 1. The van der Waals surface area contributed by atoms with Crippen molar-refractivity contribution in [2.75, 3.05) is 5.73 Å². The maximum absolute atomic E-state index is 6.38. The Kier molecular flexibility index (Phi) is 3.79. The van der Waals surface area contributed by atoms with Crippen LogP contribution in [0.25, 0.3) is 16.7 Å². The van der Waals surface area contributed by atoms with Crippen LogP contribution in [0.5, 0.6) is 0 Å². The Bertz CT molecular complexity index is 809. The lowest BCUT2D eigenvalue weighted by Gasteiger charge is -2.11. The Balaban J connectivity index is 2.33. The fraction of sp³-hybridized carbons (Fsp3) is 0.188. The highest BCUT2D eigenvalue weighted by Crippen LogP contribution is 2.32. The Morgan fingerprint density at radius 3 is 2.76 bits per heavy atom. The van der Waals surface area contributed by atoms with Gasteiger partial charge in [0, 0.05) is 12.1 Å². The molecule has 0 fully saturated rings. The predicted octanol–water partition coefficient (Wildman–Crippen LogP) is 4.87. The second-order valence-electron chi connectivity index (χ2n) is 4.93. The smallest absolute Gasteiger partial charge is 0.114 e. The van der Waals surface area contributed by atoms with Gasteiger partial charge < -0.3 is 5.73 Å². The van der Waals surface area contributed by atoms with Crippen molar-refractivity contribution in [1.29, 1.82) is 0 Å². The highest BCUT2D eigenvalue weighted by atomic mass is 35.5. The van der Waals surface area contributed by atoms with Crippen LogP contribution in [0.1, 0.15) is 19.2 Å². The van der Waals surface area contributed by atoms with Gasteiger partial charge in [-0.2, -0.15) is 0 Å². The number of halogens is 2. The molecule has 0 saturated heterocycles. The fourth-order valence-electron chi connectivity index (χ4n) is 2.47. The average Bonchev–Trinajstić information content (AvgIpc) is 2.79. The molecule has 0 aliphatic heterocycles. The minimum atomic E-state index is 0.535. The van der Waals surface area contributed by atoms with Crippen LogP contribution in [-0.2, 0) is 6.42 Å². The van der Waals surface area contributed by atoms with Gasteiger partial charge in [0.1, 0.15) is 5.82 Å². The lowest BCUT2D eigenvalue weighted by molar-refractivity contribution is 0.818. The third-order valence-electron chi connectivity index (χ3n) is 3.39. The molecule has 108 valence electrons. The van der Waals surface area contributed by atoms with E-state index in [9.17, 15) is 0 Å². The molecular formula is C16H15Cl2N3. The van der Waals surface area contributed by atoms with E-state index in [0.29, 0.717) is 15.7 Å². The number of nitrogen functional groups attached to an aromatic ring is 1. The van der Waals surface area contributed by atoms with Crippen molar-refractivity contribution in [2.45, 2.75) is 19.8 Å². The molecule has 3 aromatic rings. The van der Waals surface area contributed by atoms with Gasteiger partial charge in [0.05, 0.1) is 26.8 Å². The molecule has 2 N–H and O–H groups in total. The fourth-order valence-corrected chi connectivity index (χ4v) is 2.85. The number of rotatable bonds is 3. The van der Waals surface area contributed by atoms with Crippen molar-refractivity contribution in [3.05, 3.63) is 52.3 Å². The number of imidazole rings is 1. The van der Waals surface area contributed by atoms with Gasteiger partial charge in [-0.25, -0.2) is 4.98 Å². The molecule has 3 rings (SSSR count). The molecule has 5 heteroatoms. The Labute approximate surface area is 133 Å². The van der Waals surface area contributed by atoms with Crippen LogP contribution in [0.4, 0.5) is 5.69 Å². The third kappa shape index (κ3) is 2.47. The van der Waals surface area contributed by atoms with E-state index >= 15 is 0 Å². The van der Waals surface area contributed by atoms with Gasteiger partial charge in [0.25, 0.3) is 0 Å². The Morgan fingerprint density at radius 1 is 1.19 bits per heavy atom. The van der Waals surface area contributed by atoms with Gasteiger partial charge in [-0.15, -0.1) is 0 Å². The second-order valence-corrected chi connectivity index (χ2v) is 5.72. The molecule has 0 spiro atoms. The average molecular weight is 320 g/mol. The first-order valence-corrected chi connectivity index (χ1v) is 7.58. The van der Waals surface area contributed by atoms with E-state index in [1.165, 1.54) is 0 Å². The van der Waals surface area contributed by atoms with Crippen molar-refractivity contribution in [3.63, 3.8) is 0 Å². The van der Waals surface area contributed by atoms with E-state index in [4.69, 9.17) is 33.9 Å². The molecule has 1 heterocycles. The summed E-state index contributed by atoms with van der Waals surface area (Å²) >= 11 is 12.5. The number of aromatic nitrogens is 2. The minimum Gasteiger partial charge on any atom is -0.399 e. The maximum Gasteiger partial charge on any atom is 0.114 e. The number of anilines is 1. The van der Waals surface area contributed by atoms with E-state index < -0.39 is 0 Å². The van der Waals surface area contributed by atoms with Crippen LogP contribution in [-0.4, -0.2) is 9.55 Å². The zero-order valence-corrected chi connectivity index (χ0v) is 13.1. The summed E-state index contributed by atoms with van der Waals surface area (Å²) < 4.78 is 2.06. The van der Waals surface area contributed by atoms with Crippen molar-refractivity contribution >= 4 is 39.9 Å². The van der Waals surface area contributed by atoms with Gasteiger partial charge in [0.15, 0.2) is 0 Å². The molecule has 0 bridgehead atoms. The topological polar surface area (TPSA) is 43.8 Å². The first-order chi connectivity index (χ1) is 10.1. The van der Waals surface area contributed by atoms with Gasteiger partial charge in [-0.1, -0.05) is 36.2 Å². The number of hydrogen-bond acceptors (Lipinski definition) is 2. The van der Waals surface area contributed by atoms with Gasteiger partial charge >= 0.3 is 0 Å². The summed E-state index contributed by atoms with van der Waals surface area (Å²) in [6.07, 6.45) is 1.86. The van der Waals surface area contributed by atoms with Crippen LogP contribution < -0.4 is 5.73 Å². The molecule has 3 nitrogen and oxygen atoms in total.